The van der Waals surface area contributed by atoms with Gasteiger partial charge in [0.05, 0.1) is 13.1 Å². The Morgan fingerprint density at radius 1 is 1.03 bits per heavy atom. The average Bonchev–Trinajstić information content (AvgIpc) is 2.84. The lowest BCUT2D eigenvalue weighted by atomic mass is 9.99. The Morgan fingerprint density at radius 3 is 2.36 bits per heavy atom. The topological polar surface area (TPSA) is 85.0 Å². The summed E-state index contributed by atoms with van der Waals surface area (Å²) in [6.07, 6.45) is 1.69. The van der Waals surface area contributed by atoms with E-state index in [-0.39, 0.29) is 24.4 Å². The van der Waals surface area contributed by atoms with Gasteiger partial charge in [0.2, 0.25) is 11.8 Å². The van der Waals surface area contributed by atoms with E-state index in [9.17, 15) is 14.4 Å². The summed E-state index contributed by atoms with van der Waals surface area (Å²) in [7, 11) is 0. The maximum absolute atomic E-state index is 13.4. The number of urea groups is 1. The second kappa shape index (κ2) is 10.5. The van der Waals surface area contributed by atoms with E-state index in [4.69, 9.17) is 0 Å². The molecule has 0 spiro atoms. The Balaban J connectivity index is 1.56. The predicted octanol–water partition coefficient (Wildman–Crippen LogP) is 2.12. The number of rotatable bonds is 7. The number of unbranched alkanes of at least 4 members (excludes halogenated alkanes) is 1. The fraction of sp³-hybridized carbons (Fsp3) is 0.400. The molecule has 174 valence electrons. The van der Waals surface area contributed by atoms with Crippen LogP contribution in [0.15, 0.2) is 60.7 Å². The first kappa shape index (κ1) is 22.8. The van der Waals surface area contributed by atoms with Crippen molar-refractivity contribution in [2.45, 2.75) is 44.9 Å². The molecule has 0 saturated carbocycles. The number of fused-ring (bicyclic) bond motifs is 1. The van der Waals surface area contributed by atoms with E-state index < -0.39 is 12.2 Å². The zero-order valence-corrected chi connectivity index (χ0v) is 18.9. The molecule has 4 rings (SSSR count). The highest BCUT2D eigenvalue weighted by atomic mass is 16.2. The maximum atomic E-state index is 13.4. The highest BCUT2D eigenvalue weighted by Crippen LogP contribution is 2.25. The van der Waals surface area contributed by atoms with Gasteiger partial charge in [0.25, 0.3) is 0 Å². The summed E-state index contributed by atoms with van der Waals surface area (Å²) in [5.74, 6) is -0.222. The number of hydrogen-bond acceptors (Lipinski definition) is 4. The lowest BCUT2D eigenvalue weighted by Gasteiger charge is -2.52. The Morgan fingerprint density at radius 2 is 1.70 bits per heavy atom. The molecule has 2 N–H and O–H groups in total. The van der Waals surface area contributed by atoms with Crippen LogP contribution in [-0.2, 0) is 22.6 Å². The summed E-state index contributed by atoms with van der Waals surface area (Å²) < 4.78 is 0. The molecule has 33 heavy (non-hydrogen) atoms. The van der Waals surface area contributed by atoms with E-state index in [1.54, 1.807) is 9.80 Å². The van der Waals surface area contributed by atoms with Crippen molar-refractivity contribution in [3.63, 3.8) is 0 Å². The van der Waals surface area contributed by atoms with E-state index in [0.717, 1.165) is 24.0 Å². The molecule has 2 aromatic rings. The largest absolute Gasteiger partial charge is 0.337 e. The minimum Gasteiger partial charge on any atom is -0.337 e. The molecule has 0 aromatic heterocycles. The van der Waals surface area contributed by atoms with Gasteiger partial charge in [-0.25, -0.2) is 15.2 Å². The van der Waals surface area contributed by atoms with E-state index in [1.807, 2.05) is 60.7 Å². The van der Waals surface area contributed by atoms with Crippen LogP contribution in [0.5, 0.6) is 0 Å². The van der Waals surface area contributed by atoms with Crippen molar-refractivity contribution >= 4 is 17.8 Å². The highest BCUT2D eigenvalue weighted by molar-refractivity contribution is 5.91. The molecule has 0 aliphatic carbocycles. The normalized spacial score (nSPS) is 20.6. The first-order chi connectivity index (χ1) is 16.1. The van der Waals surface area contributed by atoms with Crippen molar-refractivity contribution in [1.82, 2.24) is 25.6 Å². The number of carbonyl (C=O) groups is 3. The average molecular weight is 450 g/mol. The molecule has 2 fully saturated rings. The van der Waals surface area contributed by atoms with Gasteiger partial charge < -0.3 is 15.1 Å². The highest BCUT2D eigenvalue weighted by Gasteiger charge is 2.48. The van der Waals surface area contributed by atoms with Crippen molar-refractivity contribution in [2.75, 3.05) is 19.6 Å². The van der Waals surface area contributed by atoms with Gasteiger partial charge in [0.15, 0.2) is 0 Å². The monoisotopic (exact) mass is 449 g/mol. The summed E-state index contributed by atoms with van der Waals surface area (Å²) in [6.45, 7) is 3.34. The minimum absolute atomic E-state index is 0.0250. The van der Waals surface area contributed by atoms with Crippen molar-refractivity contribution < 1.29 is 14.4 Å². The quantitative estimate of drug-likeness (QED) is 0.678. The zero-order valence-electron chi connectivity index (χ0n) is 18.9. The van der Waals surface area contributed by atoms with Gasteiger partial charge in [-0.3, -0.25) is 9.59 Å². The molecule has 4 amide bonds. The van der Waals surface area contributed by atoms with Crippen LogP contribution in [0.2, 0.25) is 0 Å². The molecular weight excluding hydrogens is 418 g/mol. The van der Waals surface area contributed by atoms with Crippen molar-refractivity contribution in [3.05, 3.63) is 71.8 Å². The second-order valence-electron chi connectivity index (χ2n) is 8.47. The van der Waals surface area contributed by atoms with E-state index in [2.05, 4.69) is 17.7 Å². The predicted molar refractivity (Wildman–Crippen MR) is 125 cm³/mol. The molecule has 8 nitrogen and oxygen atoms in total. The lowest BCUT2D eigenvalue weighted by molar-refractivity contribution is -0.169. The number of piperazine rings is 1. The number of nitrogens with zero attached hydrogens (tertiary/aromatic N) is 3. The van der Waals surface area contributed by atoms with Crippen LogP contribution in [-0.4, -0.2) is 64.5 Å². The van der Waals surface area contributed by atoms with E-state index in [0.29, 0.717) is 26.1 Å². The first-order valence-electron chi connectivity index (χ1n) is 11.6. The van der Waals surface area contributed by atoms with Crippen molar-refractivity contribution in [1.29, 1.82) is 0 Å². The van der Waals surface area contributed by atoms with Crippen LogP contribution in [0.4, 0.5) is 4.79 Å². The van der Waals surface area contributed by atoms with Gasteiger partial charge in [-0.1, -0.05) is 74.0 Å². The van der Waals surface area contributed by atoms with E-state index >= 15 is 0 Å². The molecule has 0 radical (unpaired) electrons. The molecular formula is C25H31N5O3. The minimum atomic E-state index is -0.637. The Labute approximate surface area is 194 Å². The first-order valence-corrected chi connectivity index (χ1v) is 11.6. The molecule has 2 aliphatic heterocycles. The maximum Gasteiger partial charge on any atom is 0.334 e. The van der Waals surface area contributed by atoms with E-state index in [1.165, 1.54) is 5.01 Å². The van der Waals surface area contributed by atoms with Gasteiger partial charge >= 0.3 is 6.03 Å². The zero-order chi connectivity index (χ0) is 23.2. The van der Waals surface area contributed by atoms with Gasteiger partial charge in [-0.2, -0.15) is 0 Å². The smallest absolute Gasteiger partial charge is 0.334 e. The number of hydrazine groups is 1. The van der Waals surface area contributed by atoms with Gasteiger partial charge in [-0.05, 0) is 17.5 Å². The third-order valence-corrected chi connectivity index (χ3v) is 6.18. The van der Waals surface area contributed by atoms with Gasteiger partial charge in [0, 0.05) is 19.5 Å². The molecule has 2 heterocycles. The molecule has 2 aliphatic rings. The molecule has 0 bridgehead atoms. The fourth-order valence-electron chi connectivity index (χ4n) is 4.45. The number of benzene rings is 2. The second-order valence-corrected chi connectivity index (χ2v) is 8.47. The standard InChI is InChI=1S/C25H31N5O3/c1-2-3-14-28-18-22-29(21(24(28)32)15-19-10-6-4-7-11-19)23(31)17-27-30(22)25(33)26-16-20-12-8-5-9-13-20/h4-13,21-22,27H,2-3,14-18H2,1H3,(H,26,33)/t21-,22-/m0/s1. The number of carbonyl (C=O) groups excluding carboxylic acids is 3. The molecule has 2 atom stereocenters. The summed E-state index contributed by atoms with van der Waals surface area (Å²) in [6, 6.07) is 18.4. The summed E-state index contributed by atoms with van der Waals surface area (Å²) >= 11 is 0. The Bertz CT molecular complexity index is 969. The Hall–Kier alpha value is -3.39. The van der Waals surface area contributed by atoms with Crippen LogP contribution in [0, 0.1) is 0 Å². The van der Waals surface area contributed by atoms with Crippen molar-refractivity contribution in [3.8, 4) is 0 Å². The SMILES string of the molecule is CCCCN1C[C@@H]2N(C(=O)NCc3ccccc3)NCC(=O)N2[C@@H](Cc2ccccc2)C1=O. The number of amides is 4. The van der Waals surface area contributed by atoms with Crippen LogP contribution < -0.4 is 10.7 Å². The molecule has 8 heteroatoms. The van der Waals surface area contributed by atoms with Crippen molar-refractivity contribution in [2.24, 2.45) is 0 Å². The molecule has 2 aromatic carbocycles. The third-order valence-electron chi connectivity index (χ3n) is 6.18. The Kier molecular flexibility index (Phi) is 7.24. The van der Waals surface area contributed by atoms with Gasteiger partial charge in [0.1, 0.15) is 12.2 Å². The summed E-state index contributed by atoms with van der Waals surface area (Å²) in [4.78, 5) is 42.9. The van der Waals surface area contributed by atoms with Crippen LogP contribution in [0.3, 0.4) is 0 Å². The van der Waals surface area contributed by atoms with Crippen LogP contribution in [0.25, 0.3) is 0 Å². The fourth-order valence-corrected chi connectivity index (χ4v) is 4.45. The summed E-state index contributed by atoms with van der Waals surface area (Å²) in [5.41, 5.74) is 4.94. The van der Waals surface area contributed by atoms with Crippen LogP contribution >= 0.6 is 0 Å². The molecule has 0 unspecified atom stereocenters. The lowest BCUT2D eigenvalue weighted by Crippen LogP contribution is -2.76. The molecule has 2 saturated heterocycles. The third kappa shape index (κ3) is 5.17. The number of hydrogen-bond donors (Lipinski definition) is 2. The van der Waals surface area contributed by atoms with Gasteiger partial charge in [-0.15, -0.1) is 0 Å². The summed E-state index contributed by atoms with van der Waals surface area (Å²) in [5, 5.41) is 4.41. The number of nitrogens with one attached hydrogen (secondary N) is 2. The van der Waals surface area contributed by atoms with Crippen LogP contribution in [0.1, 0.15) is 30.9 Å².